The summed E-state index contributed by atoms with van der Waals surface area (Å²) in [5, 5.41) is 7.17. The topological polar surface area (TPSA) is 85.6 Å². The van der Waals surface area contributed by atoms with Gasteiger partial charge in [0.15, 0.2) is 5.65 Å². The van der Waals surface area contributed by atoms with Crippen molar-refractivity contribution >= 4 is 17.0 Å². The number of rotatable bonds is 4. The molecule has 0 saturated carbocycles. The van der Waals surface area contributed by atoms with Crippen molar-refractivity contribution in [3.8, 4) is 0 Å². The van der Waals surface area contributed by atoms with Crippen LogP contribution >= 0.6 is 0 Å². The van der Waals surface area contributed by atoms with Crippen LogP contribution in [0, 0.1) is 6.92 Å². The molecular formula is C14H14N6O. The molecule has 106 valence electrons. The minimum atomic E-state index is -0.123. The first kappa shape index (κ1) is 13.2. The van der Waals surface area contributed by atoms with Gasteiger partial charge < -0.3 is 5.32 Å². The molecule has 0 bridgehead atoms. The Morgan fingerprint density at radius 3 is 2.90 bits per heavy atom. The van der Waals surface area contributed by atoms with E-state index >= 15 is 0 Å². The SMILES string of the molecule is Cc1nc2cccnc2nc1NCCn1ncccc1=O. The second-order valence-corrected chi connectivity index (χ2v) is 4.52. The van der Waals surface area contributed by atoms with E-state index in [-0.39, 0.29) is 5.56 Å². The van der Waals surface area contributed by atoms with Crippen LogP contribution in [-0.2, 0) is 6.54 Å². The third-order valence-corrected chi connectivity index (χ3v) is 3.02. The molecule has 0 spiro atoms. The van der Waals surface area contributed by atoms with Crippen molar-refractivity contribution in [3.05, 3.63) is 52.7 Å². The fraction of sp³-hybridized carbons (Fsp3) is 0.214. The number of nitrogens with one attached hydrogen (secondary N) is 1. The predicted octanol–water partition coefficient (Wildman–Crippen LogP) is 1.00. The Labute approximate surface area is 120 Å². The smallest absolute Gasteiger partial charge is 0.266 e. The molecule has 0 saturated heterocycles. The van der Waals surface area contributed by atoms with E-state index in [1.807, 2.05) is 19.1 Å². The molecule has 21 heavy (non-hydrogen) atoms. The van der Waals surface area contributed by atoms with Crippen molar-refractivity contribution in [2.75, 3.05) is 11.9 Å². The van der Waals surface area contributed by atoms with Crippen molar-refractivity contribution in [1.29, 1.82) is 0 Å². The van der Waals surface area contributed by atoms with E-state index in [2.05, 4.69) is 25.4 Å². The maximum Gasteiger partial charge on any atom is 0.266 e. The van der Waals surface area contributed by atoms with Crippen LogP contribution in [0.2, 0.25) is 0 Å². The number of hydrogen-bond donors (Lipinski definition) is 1. The van der Waals surface area contributed by atoms with E-state index in [1.165, 1.54) is 10.7 Å². The summed E-state index contributed by atoms with van der Waals surface area (Å²) in [5.41, 5.74) is 2.04. The van der Waals surface area contributed by atoms with Gasteiger partial charge in [-0.2, -0.15) is 5.10 Å². The lowest BCUT2D eigenvalue weighted by atomic mass is 10.3. The molecule has 0 amide bonds. The highest BCUT2D eigenvalue weighted by Gasteiger charge is 2.05. The average molecular weight is 282 g/mol. The predicted molar refractivity (Wildman–Crippen MR) is 79.1 cm³/mol. The molecule has 0 radical (unpaired) electrons. The zero-order valence-corrected chi connectivity index (χ0v) is 11.5. The Morgan fingerprint density at radius 1 is 1.19 bits per heavy atom. The van der Waals surface area contributed by atoms with Gasteiger partial charge in [0.1, 0.15) is 11.3 Å². The van der Waals surface area contributed by atoms with Crippen LogP contribution < -0.4 is 10.9 Å². The van der Waals surface area contributed by atoms with E-state index in [1.54, 1.807) is 18.5 Å². The maximum absolute atomic E-state index is 11.5. The van der Waals surface area contributed by atoms with Crippen molar-refractivity contribution in [2.45, 2.75) is 13.5 Å². The summed E-state index contributed by atoms with van der Waals surface area (Å²) in [7, 11) is 0. The van der Waals surface area contributed by atoms with E-state index in [4.69, 9.17) is 0 Å². The molecule has 0 atom stereocenters. The van der Waals surface area contributed by atoms with Crippen molar-refractivity contribution in [3.63, 3.8) is 0 Å². The fourth-order valence-electron chi connectivity index (χ4n) is 1.99. The Balaban J connectivity index is 1.75. The first-order chi connectivity index (χ1) is 10.2. The minimum absolute atomic E-state index is 0.123. The average Bonchev–Trinajstić information content (AvgIpc) is 2.49. The third kappa shape index (κ3) is 2.86. The zero-order chi connectivity index (χ0) is 14.7. The Morgan fingerprint density at radius 2 is 2.05 bits per heavy atom. The first-order valence-corrected chi connectivity index (χ1v) is 6.59. The van der Waals surface area contributed by atoms with Gasteiger partial charge in [0.05, 0.1) is 12.2 Å². The Hall–Kier alpha value is -2.83. The molecule has 1 N–H and O–H groups in total. The van der Waals surface area contributed by atoms with Crippen LogP contribution in [0.5, 0.6) is 0 Å². The molecule has 3 aromatic heterocycles. The molecule has 7 nitrogen and oxygen atoms in total. The quantitative estimate of drug-likeness (QED) is 0.768. The van der Waals surface area contributed by atoms with Gasteiger partial charge in [-0.05, 0) is 25.1 Å². The Bertz CT molecular complexity index is 829. The van der Waals surface area contributed by atoms with Crippen molar-refractivity contribution in [1.82, 2.24) is 24.7 Å². The first-order valence-electron chi connectivity index (χ1n) is 6.59. The number of fused-ring (bicyclic) bond motifs is 1. The zero-order valence-electron chi connectivity index (χ0n) is 11.5. The van der Waals surface area contributed by atoms with Gasteiger partial charge in [-0.15, -0.1) is 0 Å². The summed E-state index contributed by atoms with van der Waals surface area (Å²) >= 11 is 0. The minimum Gasteiger partial charge on any atom is -0.367 e. The number of aromatic nitrogens is 5. The summed E-state index contributed by atoms with van der Waals surface area (Å²) in [6.45, 7) is 2.88. The number of aryl methyl sites for hydroxylation is 1. The van der Waals surface area contributed by atoms with Crippen molar-refractivity contribution < 1.29 is 0 Å². The number of pyridine rings is 1. The molecule has 0 aliphatic heterocycles. The van der Waals surface area contributed by atoms with Crippen molar-refractivity contribution in [2.24, 2.45) is 0 Å². The number of hydrogen-bond acceptors (Lipinski definition) is 6. The summed E-state index contributed by atoms with van der Waals surface area (Å²) in [4.78, 5) is 24.6. The molecule has 0 aliphatic carbocycles. The second-order valence-electron chi connectivity index (χ2n) is 4.52. The van der Waals surface area contributed by atoms with Gasteiger partial charge in [0.25, 0.3) is 5.56 Å². The van der Waals surface area contributed by atoms with Crippen LogP contribution in [0.25, 0.3) is 11.2 Å². The van der Waals surface area contributed by atoms with Crippen LogP contribution in [0.3, 0.4) is 0 Å². The van der Waals surface area contributed by atoms with Crippen LogP contribution in [0.1, 0.15) is 5.69 Å². The number of anilines is 1. The van der Waals surface area contributed by atoms with Gasteiger partial charge in [-0.3, -0.25) is 4.79 Å². The van der Waals surface area contributed by atoms with E-state index in [0.717, 1.165) is 11.2 Å². The summed E-state index contributed by atoms with van der Waals surface area (Å²) in [6, 6.07) is 6.81. The maximum atomic E-state index is 11.5. The molecule has 3 heterocycles. The van der Waals surface area contributed by atoms with Gasteiger partial charge >= 0.3 is 0 Å². The van der Waals surface area contributed by atoms with Gasteiger partial charge in [0.2, 0.25) is 0 Å². The van der Waals surface area contributed by atoms with Crippen LogP contribution in [0.4, 0.5) is 5.82 Å². The standard InChI is InChI=1S/C14H14N6O/c1-10-13(19-14-11(18-10)4-2-6-15-14)16-8-9-20-12(21)5-3-7-17-20/h2-7H,8-9H2,1H3,(H,15,16,19). The van der Waals surface area contributed by atoms with Gasteiger partial charge in [-0.1, -0.05) is 0 Å². The third-order valence-electron chi connectivity index (χ3n) is 3.02. The molecule has 0 fully saturated rings. The summed E-state index contributed by atoms with van der Waals surface area (Å²) < 4.78 is 1.40. The lowest BCUT2D eigenvalue weighted by molar-refractivity contribution is 0.597. The van der Waals surface area contributed by atoms with E-state index < -0.39 is 0 Å². The molecule has 0 unspecified atom stereocenters. The molecule has 3 rings (SSSR count). The summed E-state index contributed by atoms with van der Waals surface area (Å²) in [5.74, 6) is 0.671. The van der Waals surface area contributed by atoms with E-state index in [9.17, 15) is 4.79 Å². The second kappa shape index (κ2) is 5.66. The van der Waals surface area contributed by atoms with Crippen LogP contribution in [-0.4, -0.2) is 31.3 Å². The van der Waals surface area contributed by atoms with Gasteiger partial charge in [0, 0.05) is 25.0 Å². The molecular weight excluding hydrogens is 268 g/mol. The largest absolute Gasteiger partial charge is 0.367 e. The lowest BCUT2D eigenvalue weighted by Crippen LogP contribution is -2.25. The summed E-state index contributed by atoms with van der Waals surface area (Å²) in [6.07, 6.45) is 3.27. The molecule has 3 aromatic rings. The lowest BCUT2D eigenvalue weighted by Gasteiger charge is -2.09. The molecule has 0 aromatic carbocycles. The highest BCUT2D eigenvalue weighted by atomic mass is 16.1. The van der Waals surface area contributed by atoms with Crippen LogP contribution in [0.15, 0.2) is 41.5 Å². The molecule has 7 heteroatoms. The Kier molecular flexibility index (Phi) is 3.55. The fourth-order valence-corrected chi connectivity index (χ4v) is 1.99. The molecule has 0 aliphatic rings. The normalized spacial score (nSPS) is 10.7. The number of nitrogens with zero attached hydrogens (tertiary/aromatic N) is 5. The monoisotopic (exact) mass is 282 g/mol. The van der Waals surface area contributed by atoms with E-state index in [0.29, 0.717) is 24.6 Å². The highest BCUT2D eigenvalue weighted by Crippen LogP contribution is 2.13. The highest BCUT2D eigenvalue weighted by molar-refractivity contribution is 5.71. The van der Waals surface area contributed by atoms with Gasteiger partial charge in [-0.25, -0.2) is 19.6 Å².